The number of rotatable bonds is 8. The third-order valence-electron chi connectivity index (χ3n) is 5.87. The molecule has 2 fully saturated rings. The summed E-state index contributed by atoms with van der Waals surface area (Å²) in [4.78, 5) is 17.3. The number of hydrogen-bond acceptors (Lipinski definition) is 8. The lowest BCUT2D eigenvalue weighted by Crippen LogP contribution is -2.56. The van der Waals surface area contributed by atoms with Crippen molar-refractivity contribution < 1.29 is 24.1 Å². The van der Waals surface area contributed by atoms with Crippen molar-refractivity contribution in [1.82, 2.24) is 15.1 Å². The number of halogens is 1. The average Bonchev–Trinajstić information content (AvgIpc) is 2.76. The molecule has 0 aliphatic carbocycles. The first-order valence-corrected chi connectivity index (χ1v) is 11.0. The highest BCUT2D eigenvalue weighted by Gasteiger charge is 2.32. The summed E-state index contributed by atoms with van der Waals surface area (Å²) in [6.07, 6.45) is 0.0750. The molecule has 1 aromatic carbocycles. The van der Waals surface area contributed by atoms with Crippen LogP contribution in [0.25, 0.3) is 0 Å². The van der Waals surface area contributed by atoms with E-state index < -0.39 is 6.10 Å². The van der Waals surface area contributed by atoms with Gasteiger partial charge in [0.25, 0.3) is 5.91 Å². The zero-order valence-corrected chi connectivity index (χ0v) is 18.9. The number of aliphatic hydroxyl groups excluding tert-OH is 1. The number of amides is 1. The number of nitrogen functional groups attached to an aromatic ring is 1. The maximum Gasteiger partial charge on any atom is 0.255 e. The molecule has 9 nitrogen and oxygen atoms in total. The second-order valence-corrected chi connectivity index (χ2v) is 8.45. The minimum absolute atomic E-state index is 0.161. The highest BCUT2D eigenvalue weighted by molar-refractivity contribution is 6.33. The van der Waals surface area contributed by atoms with Crippen LogP contribution in [0.5, 0.6) is 5.75 Å². The van der Waals surface area contributed by atoms with E-state index in [1.54, 1.807) is 13.2 Å². The zero-order chi connectivity index (χ0) is 22.4. The van der Waals surface area contributed by atoms with Crippen LogP contribution in [0.2, 0.25) is 5.02 Å². The molecule has 3 atom stereocenters. The standard InChI is InChI=1S/C21H33ClN4O5/c1-29-19-10-17(23)16(22)9-15(19)21(28)24-18-3-4-26(13-20(18)30-2)12-14(27)11-25-5-7-31-8-6-25/h9-10,14,18,20,27H,3-8,11-13,23H2,1-2H3,(H,24,28)/t14-,18-,20+/m0/s1. The Kier molecular flexibility index (Phi) is 8.76. The van der Waals surface area contributed by atoms with Crippen LogP contribution in [-0.2, 0) is 9.47 Å². The average molecular weight is 457 g/mol. The van der Waals surface area contributed by atoms with Crippen molar-refractivity contribution in [2.75, 3.05) is 72.4 Å². The fraction of sp³-hybridized carbons (Fsp3) is 0.667. The fourth-order valence-corrected chi connectivity index (χ4v) is 4.31. The predicted molar refractivity (Wildman–Crippen MR) is 119 cm³/mol. The first-order valence-electron chi connectivity index (χ1n) is 10.6. The summed E-state index contributed by atoms with van der Waals surface area (Å²) in [6, 6.07) is 2.90. The summed E-state index contributed by atoms with van der Waals surface area (Å²) in [6.45, 7) is 5.72. The van der Waals surface area contributed by atoms with Gasteiger partial charge in [-0.15, -0.1) is 0 Å². The summed E-state index contributed by atoms with van der Waals surface area (Å²) >= 11 is 6.10. The lowest BCUT2D eigenvalue weighted by atomic mass is 10.00. The molecule has 0 bridgehead atoms. The van der Waals surface area contributed by atoms with Gasteiger partial charge in [0.2, 0.25) is 0 Å². The molecule has 0 radical (unpaired) electrons. The molecule has 31 heavy (non-hydrogen) atoms. The normalized spacial score (nSPS) is 24.0. The lowest BCUT2D eigenvalue weighted by molar-refractivity contribution is -0.0209. The molecule has 3 rings (SSSR count). The molecule has 2 saturated heterocycles. The Bertz CT molecular complexity index is 747. The van der Waals surface area contributed by atoms with E-state index in [1.165, 1.54) is 13.2 Å². The van der Waals surface area contributed by atoms with Crippen LogP contribution in [0.1, 0.15) is 16.8 Å². The third-order valence-corrected chi connectivity index (χ3v) is 6.19. The van der Waals surface area contributed by atoms with Crippen LogP contribution in [0, 0.1) is 0 Å². The monoisotopic (exact) mass is 456 g/mol. The summed E-state index contributed by atoms with van der Waals surface area (Å²) in [7, 11) is 3.12. The highest BCUT2D eigenvalue weighted by atomic mass is 35.5. The summed E-state index contributed by atoms with van der Waals surface area (Å²) < 4.78 is 16.3. The van der Waals surface area contributed by atoms with E-state index in [0.29, 0.717) is 61.3 Å². The van der Waals surface area contributed by atoms with Gasteiger partial charge in [-0.3, -0.25) is 14.6 Å². The summed E-state index contributed by atoms with van der Waals surface area (Å²) in [5, 5.41) is 13.9. The van der Waals surface area contributed by atoms with Gasteiger partial charge in [0.05, 0.1) is 54.8 Å². The van der Waals surface area contributed by atoms with Crippen LogP contribution in [0.15, 0.2) is 12.1 Å². The fourth-order valence-electron chi connectivity index (χ4n) is 4.15. The van der Waals surface area contributed by atoms with E-state index >= 15 is 0 Å². The van der Waals surface area contributed by atoms with Crippen LogP contribution >= 0.6 is 11.6 Å². The van der Waals surface area contributed by atoms with E-state index in [-0.39, 0.29) is 18.1 Å². The highest BCUT2D eigenvalue weighted by Crippen LogP contribution is 2.29. The summed E-state index contributed by atoms with van der Waals surface area (Å²) in [5.74, 6) is 0.0867. The van der Waals surface area contributed by atoms with Crippen LogP contribution in [0.3, 0.4) is 0 Å². The van der Waals surface area contributed by atoms with Gasteiger partial charge in [-0.2, -0.15) is 0 Å². The Hall–Kier alpha value is -1.62. The Morgan fingerprint density at radius 1 is 1.29 bits per heavy atom. The number of nitrogens with two attached hydrogens (primary N) is 1. The number of aliphatic hydroxyl groups is 1. The van der Waals surface area contributed by atoms with Crippen molar-refractivity contribution in [3.05, 3.63) is 22.7 Å². The van der Waals surface area contributed by atoms with Crippen molar-refractivity contribution in [2.24, 2.45) is 0 Å². The van der Waals surface area contributed by atoms with Gasteiger partial charge in [0.15, 0.2) is 0 Å². The topological polar surface area (TPSA) is 110 Å². The van der Waals surface area contributed by atoms with Crippen LogP contribution < -0.4 is 15.8 Å². The number of β-amino-alcohol motifs (C(OH)–C–C–N with tert-alkyl or cyclic N) is 1. The van der Waals surface area contributed by atoms with Gasteiger partial charge in [0, 0.05) is 52.4 Å². The number of piperidine rings is 1. The number of carbonyl (C=O) groups is 1. The Morgan fingerprint density at radius 3 is 2.68 bits per heavy atom. The smallest absolute Gasteiger partial charge is 0.255 e. The largest absolute Gasteiger partial charge is 0.496 e. The first kappa shape index (κ1) is 24.0. The SMILES string of the molecule is COc1cc(N)c(Cl)cc1C(=O)N[C@H]1CCN(C[C@@H](O)CN2CCOCC2)C[C@H]1OC. The number of benzene rings is 1. The molecule has 0 spiro atoms. The zero-order valence-electron chi connectivity index (χ0n) is 18.2. The van der Waals surface area contributed by atoms with E-state index in [2.05, 4.69) is 15.1 Å². The number of methoxy groups -OCH3 is 2. The van der Waals surface area contributed by atoms with Crippen LogP contribution in [0.4, 0.5) is 5.69 Å². The van der Waals surface area contributed by atoms with Crippen molar-refractivity contribution in [1.29, 1.82) is 0 Å². The number of nitrogens with zero attached hydrogens (tertiary/aromatic N) is 2. The maximum atomic E-state index is 12.9. The molecule has 0 unspecified atom stereocenters. The Labute approximate surface area is 188 Å². The van der Waals surface area contributed by atoms with E-state index in [9.17, 15) is 9.90 Å². The first-order chi connectivity index (χ1) is 14.9. The van der Waals surface area contributed by atoms with Gasteiger partial charge in [-0.1, -0.05) is 11.6 Å². The molecule has 0 saturated carbocycles. The predicted octanol–water partition coefficient (Wildman–Crippen LogP) is 0.443. The number of anilines is 1. The molecule has 0 aromatic heterocycles. The minimum Gasteiger partial charge on any atom is -0.496 e. The van der Waals surface area contributed by atoms with Gasteiger partial charge in [-0.05, 0) is 12.5 Å². The second-order valence-electron chi connectivity index (χ2n) is 8.04. The van der Waals surface area contributed by atoms with Crippen molar-refractivity contribution in [2.45, 2.75) is 24.7 Å². The molecule has 2 aliphatic rings. The van der Waals surface area contributed by atoms with Gasteiger partial charge < -0.3 is 30.4 Å². The number of hydrogen-bond donors (Lipinski definition) is 3. The van der Waals surface area contributed by atoms with E-state index in [4.69, 9.17) is 31.5 Å². The molecule has 1 amide bonds. The quantitative estimate of drug-likeness (QED) is 0.483. The van der Waals surface area contributed by atoms with Gasteiger partial charge in [-0.25, -0.2) is 0 Å². The van der Waals surface area contributed by atoms with Crippen LogP contribution in [-0.4, -0.2) is 106 Å². The molecule has 2 heterocycles. The third kappa shape index (κ3) is 6.44. The number of morpholine rings is 1. The maximum absolute atomic E-state index is 12.9. The van der Waals surface area contributed by atoms with Crippen molar-refractivity contribution in [3.8, 4) is 5.75 Å². The number of ether oxygens (including phenoxy) is 3. The Balaban J connectivity index is 1.55. The summed E-state index contributed by atoms with van der Waals surface area (Å²) in [5.41, 5.74) is 6.50. The molecule has 1 aromatic rings. The molecular formula is C21H33ClN4O5. The molecular weight excluding hydrogens is 424 g/mol. The number of carbonyl (C=O) groups excluding carboxylic acids is 1. The Morgan fingerprint density at radius 2 is 2.00 bits per heavy atom. The van der Waals surface area contributed by atoms with Crippen molar-refractivity contribution in [3.63, 3.8) is 0 Å². The van der Waals surface area contributed by atoms with Crippen molar-refractivity contribution >= 4 is 23.2 Å². The minimum atomic E-state index is -0.442. The second kappa shape index (κ2) is 11.3. The van der Waals surface area contributed by atoms with Gasteiger partial charge >= 0.3 is 0 Å². The molecule has 174 valence electrons. The molecule has 2 aliphatic heterocycles. The van der Waals surface area contributed by atoms with E-state index in [1.807, 2.05) is 0 Å². The van der Waals surface area contributed by atoms with E-state index in [0.717, 1.165) is 19.6 Å². The molecule has 4 N–H and O–H groups in total. The number of likely N-dealkylation sites (tertiary alicyclic amines) is 1. The molecule has 10 heteroatoms. The van der Waals surface area contributed by atoms with Gasteiger partial charge in [0.1, 0.15) is 5.75 Å². The number of nitrogens with one attached hydrogen (secondary N) is 1. The lowest BCUT2D eigenvalue weighted by Gasteiger charge is -2.39.